The van der Waals surface area contributed by atoms with Crippen LogP contribution in [0.25, 0.3) is 0 Å². The second kappa shape index (κ2) is 9.63. The first-order valence-electron chi connectivity index (χ1n) is 8.04. The van der Waals surface area contributed by atoms with Gasteiger partial charge < -0.3 is 5.32 Å². The minimum Gasteiger partial charge on any atom is -0.351 e. The van der Waals surface area contributed by atoms with Gasteiger partial charge in [-0.3, -0.25) is 14.9 Å². The number of rotatable bonds is 7. The van der Waals surface area contributed by atoms with E-state index in [9.17, 15) is 14.0 Å². The van der Waals surface area contributed by atoms with Crippen molar-refractivity contribution in [3.8, 4) is 0 Å². The van der Waals surface area contributed by atoms with Crippen molar-refractivity contribution in [2.75, 3.05) is 11.1 Å². The van der Waals surface area contributed by atoms with E-state index in [2.05, 4.69) is 20.8 Å². The molecule has 0 atom stereocenters. The average molecular weight is 437 g/mol. The first kappa shape index (κ1) is 20.2. The maximum absolute atomic E-state index is 12.9. The smallest absolute Gasteiger partial charge is 0.259 e. The van der Waals surface area contributed by atoms with Crippen LogP contribution in [-0.2, 0) is 11.3 Å². The van der Waals surface area contributed by atoms with Crippen molar-refractivity contribution in [1.29, 1.82) is 0 Å². The fraction of sp³-hybridized carbons (Fsp3) is 0.111. The summed E-state index contributed by atoms with van der Waals surface area (Å²) in [5.41, 5.74) is 1.15. The number of hydrogen-bond acceptors (Lipinski definition) is 6. The number of hydrogen-bond donors (Lipinski definition) is 2. The Hall–Kier alpha value is -2.49. The molecular weight excluding hydrogens is 423 g/mol. The molecule has 28 heavy (non-hydrogen) atoms. The minimum atomic E-state index is -0.379. The molecule has 0 saturated carbocycles. The highest BCUT2D eigenvalue weighted by Gasteiger charge is 2.13. The summed E-state index contributed by atoms with van der Waals surface area (Å²) in [6.07, 6.45) is 0. The predicted octanol–water partition coefficient (Wildman–Crippen LogP) is 3.99. The minimum absolute atomic E-state index is 0.147. The maximum Gasteiger partial charge on any atom is 0.259 e. The lowest BCUT2D eigenvalue weighted by atomic mass is 10.2. The van der Waals surface area contributed by atoms with Crippen LogP contribution in [0.1, 0.15) is 15.9 Å². The van der Waals surface area contributed by atoms with Crippen LogP contribution in [0, 0.1) is 5.82 Å². The number of benzene rings is 2. The SMILES string of the molecule is O=C(CSc1nnc(NC(=O)c2ccccc2Cl)s1)NCc1ccc(F)cc1. The van der Waals surface area contributed by atoms with Crippen molar-refractivity contribution in [1.82, 2.24) is 15.5 Å². The van der Waals surface area contributed by atoms with Crippen molar-refractivity contribution < 1.29 is 14.0 Å². The number of nitrogens with one attached hydrogen (secondary N) is 2. The molecular formula is C18H14ClFN4O2S2. The van der Waals surface area contributed by atoms with E-state index in [0.29, 0.717) is 26.6 Å². The van der Waals surface area contributed by atoms with Crippen LogP contribution in [0.15, 0.2) is 52.9 Å². The third-order valence-electron chi connectivity index (χ3n) is 3.48. The maximum atomic E-state index is 12.9. The second-order valence-corrected chi connectivity index (χ2v) is 8.11. The number of aromatic nitrogens is 2. The van der Waals surface area contributed by atoms with Gasteiger partial charge in [0.1, 0.15) is 5.82 Å². The van der Waals surface area contributed by atoms with E-state index < -0.39 is 0 Å². The molecule has 6 nitrogen and oxygen atoms in total. The summed E-state index contributed by atoms with van der Waals surface area (Å²) in [5.74, 6) is -0.741. The van der Waals surface area contributed by atoms with E-state index in [0.717, 1.165) is 16.9 Å². The van der Waals surface area contributed by atoms with Crippen molar-refractivity contribution in [3.05, 3.63) is 70.5 Å². The molecule has 0 aliphatic heterocycles. The Morgan fingerprint density at radius 2 is 1.86 bits per heavy atom. The first-order chi connectivity index (χ1) is 13.5. The van der Waals surface area contributed by atoms with Gasteiger partial charge in [-0.1, -0.05) is 59.0 Å². The molecule has 1 heterocycles. The first-order valence-corrected chi connectivity index (χ1v) is 10.2. The summed E-state index contributed by atoms with van der Waals surface area (Å²) in [5, 5.41) is 13.9. The molecule has 3 rings (SSSR count). The normalized spacial score (nSPS) is 10.5. The molecule has 0 unspecified atom stereocenters. The van der Waals surface area contributed by atoms with Crippen LogP contribution in [0.5, 0.6) is 0 Å². The zero-order valence-corrected chi connectivity index (χ0v) is 16.7. The van der Waals surface area contributed by atoms with Crippen LogP contribution in [-0.4, -0.2) is 27.8 Å². The number of carbonyl (C=O) groups excluding carboxylic acids is 2. The lowest BCUT2D eigenvalue weighted by molar-refractivity contribution is -0.118. The van der Waals surface area contributed by atoms with Gasteiger partial charge in [0.2, 0.25) is 11.0 Å². The van der Waals surface area contributed by atoms with Gasteiger partial charge in [-0.25, -0.2) is 4.39 Å². The van der Waals surface area contributed by atoms with Gasteiger partial charge in [0.15, 0.2) is 4.34 Å². The summed E-state index contributed by atoms with van der Waals surface area (Å²) in [6, 6.07) is 12.6. The topological polar surface area (TPSA) is 84.0 Å². The van der Waals surface area contributed by atoms with Crippen molar-refractivity contribution in [2.24, 2.45) is 0 Å². The molecule has 1 aromatic heterocycles. The van der Waals surface area contributed by atoms with Gasteiger partial charge in [-0.15, -0.1) is 10.2 Å². The van der Waals surface area contributed by atoms with E-state index in [1.54, 1.807) is 36.4 Å². The zero-order valence-electron chi connectivity index (χ0n) is 14.3. The predicted molar refractivity (Wildman–Crippen MR) is 108 cm³/mol. The number of nitrogens with zero attached hydrogens (tertiary/aromatic N) is 2. The molecule has 2 N–H and O–H groups in total. The molecule has 0 bridgehead atoms. The Bertz CT molecular complexity index is 982. The summed E-state index contributed by atoms with van der Waals surface area (Å²) < 4.78 is 13.4. The molecule has 144 valence electrons. The highest BCUT2D eigenvalue weighted by molar-refractivity contribution is 8.01. The van der Waals surface area contributed by atoms with Crippen LogP contribution in [0.3, 0.4) is 0 Å². The third-order valence-corrected chi connectivity index (χ3v) is 5.78. The lowest BCUT2D eigenvalue weighted by Crippen LogP contribution is -2.24. The number of amides is 2. The van der Waals surface area contributed by atoms with E-state index in [4.69, 9.17) is 11.6 Å². The largest absolute Gasteiger partial charge is 0.351 e. The molecule has 2 amide bonds. The van der Waals surface area contributed by atoms with Crippen LogP contribution in [0.4, 0.5) is 9.52 Å². The van der Waals surface area contributed by atoms with Crippen LogP contribution < -0.4 is 10.6 Å². The van der Waals surface area contributed by atoms with E-state index in [1.807, 2.05) is 0 Å². The molecule has 0 saturated heterocycles. The average Bonchev–Trinajstić information content (AvgIpc) is 3.13. The van der Waals surface area contributed by atoms with Gasteiger partial charge in [0.05, 0.1) is 16.3 Å². The van der Waals surface area contributed by atoms with E-state index in [-0.39, 0.29) is 23.4 Å². The van der Waals surface area contributed by atoms with Gasteiger partial charge in [0.25, 0.3) is 5.91 Å². The Labute approximate surface area is 173 Å². The highest BCUT2D eigenvalue weighted by atomic mass is 35.5. The van der Waals surface area contributed by atoms with Crippen molar-refractivity contribution >= 4 is 51.6 Å². The third kappa shape index (κ3) is 5.75. The standard InChI is InChI=1S/C18H14ClFN4O2S2/c19-14-4-2-1-3-13(14)16(26)22-17-23-24-18(28-17)27-10-15(25)21-9-11-5-7-12(20)8-6-11/h1-8H,9-10H2,(H,21,25)(H,22,23,26). The zero-order chi connectivity index (χ0) is 19.9. The molecule has 0 aliphatic rings. The molecule has 0 radical (unpaired) electrons. The molecule has 0 spiro atoms. The Balaban J connectivity index is 1.46. The van der Waals surface area contributed by atoms with Crippen LogP contribution >= 0.6 is 34.7 Å². The quantitative estimate of drug-likeness (QED) is 0.432. The molecule has 10 heteroatoms. The van der Waals surface area contributed by atoms with Crippen molar-refractivity contribution in [2.45, 2.75) is 10.9 Å². The summed E-state index contributed by atoms with van der Waals surface area (Å²) in [4.78, 5) is 24.1. The van der Waals surface area contributed by atoms with Gasteiger partial charge >= 0.3 is 0 Å². The fourth-order valence-corrected chi connectivity index (χ4v) is 3.91. The number of thioether (sulfide) groups is 1. The van der Waals surface area contributed by atoms with Gasteiger partial charge in [0, 0.05) is 6.54 Å². The number of carbonyl (C=O) groups is 2. The van der Waals surface area contributed by atoms with Gasteiger partial charge in [-0.2, -0.15) is 0 Å². The summed E-state index contributed by atoms with van der Waals surface area (Å²) in [6.45, 7) is 0.314. The lowest BCUT2D eigenvalue weighted by Gasteiger charge is -2.04. The van der Waals surface area contributed by atoms with E-state index >= 15 is 0 Å². The number of halogens is 2. The number of anilines is 1. The Morgan fingerprint density at radius 3 is 2.61 bits per heavy atom. The Morgan fingerprint density at radius 1 is 1.11 bits per heavy atom. The monoisotopic (exact) mass is 436 g/mol. The Kier molecular flexibility index (Phi) is 6.96. The molecule has 3 aromatic rings. The molecule has 2 aromatic carbocycles. The molecule has 0 fully saturated rings. The second-order valence-electron chi connectivity index (χ2n) is 5.50. The molecule has 0 aliphatic carbocycles. The summed E-state index contributed by atoms with van der Waals surface area (Å²) in [7, 11) is 0. The fourth-order valence-electron chi connectivity index (χ4n) is 2.11. The summed E-state index contributed by atoms with van der Waals surface area (Å²) >= 11 is 8.37. The highest BCUT2D eigenvalue weighted by Crippen LogP contribution is 2.26. The van der Waals surface area contributed by atoms with E-state index in [1.165, 1.54) is 23.9 Å². The van der Waals surface area contributed by atoms with Crippen molar-refractivity contribution in [3.63, 3.8) is 0 Å². The van der Waals surface area contributed by atoms with Crippen LogP contribution in [0.2, 0.25) is 5.02 Å². The van der Waals surface area contributed by atoms with Gasteiger partial charge in [-0.05, 0) is 29.8 Å².